The molecule has 0 bridgehead atoms. The number of rotatable bonds is 9. The van der Waals surface area contributed by atoms with Gasteiger partial charge in [-0.05, 0) is 39.8 Å². The van der Waals surface area contributed by atoms with E-state index in [4.69, 9.17) is 9.47 Å². The Balaban J connectivity index is 1.86. The van der Waals surface area contributed by atoms with Gasteiger partial charge in [-0.25, -0.2) is 0 Å². The Kier molecular flexibility index (Phi) is 7.82. The van der Waals surface area contributed by atoms with E-state index in [1.165, 1.54) is 13.0 Å². The SMILES string of the molecule is CCC(C)(C)OCCNCCCN1CCOCC1. The van der Waals surface area contributed by atoms with E-state index in [1.54, 1.807) is 0 Å². The van der Waals surface area contributed by atoms with Gasteiger partial charge in [0.2, 0.25) is 0 Å². The minimum absolute atomic E-state index is 0.0233. The highest BCUT2D eigenvalue weighted by Crippen LogP contribution is 2.12. The number of nitrogens with zero attached hydrogens (tertiary/aromatic N) is 1. The fraction of sp³-hybridized carbons (Fsp3) is 1.00. The molecule has 1 fully saturated rings. The highest BCUT2D eigenvalue weighted by molar-refractivity contribution is 4.65. The van der Waals surface area contributed by atoms with E-state index in [0.717, 1.165) is 52.4 Å². The van der Waals surface area contributed by atoms with E-state index in [9.17, 15) is 0 Å². The molecule has 0 atom stereocenters. The molecule has 0 aliphatic carbocycles. The van der Waals surface area contributed by atoms with Gasteiger partial charge >= 0.3 is 0 Å². The highest BCUT2D eigenvalue weighted by atomic mass is 16.5. The van der Waals surface area contributed by atoms with Gasteiger partial charge in [0.15, 0.2) is 0 Å². The van der Waals surface area contributed by atoms with Crippen molar-refractivity contribution >= 4 is 0 Å². The van der Waals surface area contributed by atoms with Crippen LogP contribution in [-0.2, 0) is 9.47 Å². The predicted octanol–water partition coefficient (Wildman–Crippen LogP) is 1.50. The third-order valence-corrected chi connectivity index (χ3v) is 3.55. The van der Waals surface area contributed by atoms with Gasteiger partial charge < -0.3 is 14.8 Å². The first-order valence-corrected chi connectivity index (χ1v) is 7.29. The van der Waals surface area contributed by atoms with Crippen LogP contribution < -0.4 is 5.32 Å². The largest absolute Gasteiger partial charge is 0.379 e. The molecule has 1 heterocycles. The molecule has 18 heavy (non-hydrogen) atoms. The Morgan fingerprint density at radius 1 is 1.22 bits per heavy atom. The highest BCUT2D eigenvalue weighted by Gasteiger charge is 2.14. The maximum absolute atomic E-state index is 5.79. The molecular formula is C14H30N2O2. The molecule has 1 rings (SSSR count). The second kappa shape index (κ2) is 8.86. The lowest BCUT2D eigenvalue weighted by Gasteiger charge is -2.26. The summed E-state index contributed by atoms with van der Waals surface area (Å²) in [6, 6.07) is 0. The van der Waals surface area contributed by atoms with Gasteiger partial charge in [0, 0.05) is 19.6 Å². The second-order valence-corrected chi connectivity index (χ2v) is 5.52. The van der Waals surface area contributed by atoms with Gasteiger partial charge in [0.25, 0.3) is 0 Å². The number of nitrogens with one attached hydrogen (secondary N) is 1. The molecule has 0 unspecified atom stereocenters. The average molecular weight is 258 g/mol. The summed E-state index contributed by atoms with van der Waals surface area (Å²) in [7, 11) is 0. The van der Waals surface area contributed by atoms with E-state index >= 15 is 0 Å². The Morgan fingerprint density at radius 3 is 2.61 bits per heavy atom. The molecule has 0 aromatic heterocycles. The Hall–Kier alpha value is -0.160. The smallest absolute Gasteiger partial charge is 0.0624 e. The predicted molar refractivity (Wildman–Crippen MR) is 75.1 cm³/mol. The number of hydrogen-bond acceptors (Lipinski definition) is 4. The van der Waals surface area contributed by atoms with Crippen LogP contribution in [0.3, 0.4) is 0 Å². The molecule has 1 saturated heterocycles. The van der Waals surface area contributed by atoms with Crippen LogP contribution in [0.5, 0.6) is 0 Å². The van der Waals surface area contributed by atoms with Crippen molar-refractivity contribution in [3.05, 3.63) is 0 Å². The average Bonchev–Trinajstić information content (AvgIpc) is 2.39. The van der Waals surface area contributed by atoms with Gasteiger partial charge in [-0.2, -0.15) is 0 Å². The van der Waals surface area contributed by atoms with Crippen molar-refractivity contribution in [2.24, 2.45) is 0 Å². The van der Waals surface area contributed by atoms with E-state index in [1.807, 2.05) is 0 Å². The summed E-state index contributed by atoms with van der Waals surface area (Å²) in [6.45, 7) is 14.4. The lowest BCUT2D eigenvalue weighted by molar-refractivity contribution is -0.0180. The van der Waals surface area contributed by atoms with Crippen molar-refractivity contribution in [2.45, 2.75) is 39.2 Å². The first kappa shape index (κ1) is 15.9. The number of morpholine rings is 1. The van der Waals surface area contributed by atoms with Gasteiger partial charge in [-0.3, -0.25) is 4.90 Å². The Labute approximate surface area is 112 Å². The molecule has 1 aliphatic rings. The summed E-state index contributed by atoms with van der Waals surface area (Å²) in [5.74, 6) is 0. The topological polar surface area (TPSA) is 33.7 Å². The van der Waals surface area contributed by atoms with Gasteiger partial charge in [0.05, 0.1) is 25.4 Å². The minimum Gasteiger partial charge on any atom is -0.379 e. The van der Waals surface area contributed by atoms with Gasteiger partial charge in [0.1, 0.15) is 0 Å². The van der Waals surface area contributed by atoms with Crippen molar-refractivity contribution in [2.75, 3.05) is 52.5 Å². The van der Waals surface area contributed by atoms with Crippen LogP contribution in [-0.4, -0.2) is 63.0 Å². The molecule has 0 aromatic rings. The summed E-state index contributed by atoms with van der Waals surface area (Å²) in [6.07, 6.45) is 2.27. The van der Waals surface area contributed by atoms with Crippen molar-refractivity contribution in [3.63, 3.8) is 0 Å². The number of hydrogen-bond donors (Lipinski definition) is 1. The molecule has 4 nitrogen and oxygen atoms in total. The van der Waals surface area contributed by atoms with Crippen LogP contribution in [0.4, 0.5) is 0 Å². The zero-order valence-electron chi connectivity index (χ0n) is 12.3. The molecular weight excluding hydrogens is 228 g/mol. The third kappa shape index (κ3) is 7.31. The molecule has 1 N–H and O–H groups in total. The first-order chi connectivity index (χ1) is 8.64. The van der Waals surface area contributed by atoms with Crippen molar-refractivity contribution in [1.29, 1.82) is 0 Å². The summed E-state index contributed by atoms with van der Waals surface area (Å²) in [5, 5.41) is 3.44. The van der Waals surface area contributed by atoms with E-state index < -0.39 is 0 Å². The lowest BCUT2D eigenvalue weighted by Crippen LogP contribution is -2.38. The van der Waals surface area contributed by atoms with Gasteiger partial charge in [-0.15, -0.1) is 0 Å². The number of ether oxygens (including phenoxy) is 2. The third-order valence-electron chi connectivity index (χ3n) is 3.55. The monoisotopic (exact) mass is 258 g/mol. The molecule has 0 aromatic carbocycles. The quantitative estimate of drug-likeness (QED) is 0.636. The van der Waals surface area contributed by atoms with E-state index in [-0.39, 0.29) is 5.60 Å². The van der Waals surface area contributed by atoms with Crippen LogP contribution in [0.25, 0.3) is 0 Å². The van der Waals surface area contributed by atoms with Gasteiger partial charge in [-0.1, -0.05) is 6.92 Å². The fourth-order valence-corrected chi connectivity index (χ4v) is 1.88. The normalized spacial score (nSPS) is 18.2. The summed E-state index contributed by atoms with van der Waals surface area (Å²) >= 11 is 0. The van der Waals surface area contributed by atoms with Crippen LogP contribution in [0.2, 0.25) is 0 Å². The Bertz CT molecular complexity index is 204. The standard InChI is InChI=1S/C14H30N2O2/c1-4-14(2,3)18-11-7-15-6-5-8-16-9-12-17-13-10-16/h15H,4-13H2,1-3H3. The zero-order valence-corrected chi connectivity index (χ0v) is 12.3. The Morgan fingerprint density at radius 2 is 1.94 bits per heavy atom. The van der Waals surface area contributed by atoms with Crippen molar-refractivity contribution in [1.82, 2.24) is 10.2 Å². The second-order valence-electron chi connectivity index (χ2n) is 5.52. The van der Waals surface area contributed by atoms with Crippen LogP contribution >= 0.6 is 0 Å². The van der Waals surface area contributed by atoms with Crippen molar-refractivity contribution < 1.29 is 9.47 Å². The lowest BCUT2D eigenvalue weighted by atomic mass is 10.1. The zero-order chi connectivity index (χ0) is 13.3. The maximum Gasteiger partial charge on any atom is 0.0624 e. The molecule has 0 spiro atoms. The summed E-state index contributed by atoms with van der Waals surface area (Å²) in [5.41, 5.74) is 0.0233. The van der Waals surface area contributed by atoms with Crippen LogP contribution in [0, 0.1) is 0 Å². The minimum atomic E-state index is 0.0233. The van der Waals surface area contributed by atoms with Crippen LogP contribution in [0.15, 0.2) is 0 Å². The van der Waals surface area contributed by atoms with Crippen molar-refractivity contribution in [3.8, 4) is 0 Å². The fourth-order valence-electron chi connectivity index (χ4n) is 1.88. The van der Waals surface area contributed by atoms with E-state index in [0.29, 0.717) is 0 Å². The molecule has 0 saturated carbocycles. The van der Waals surface area contributed by atoms with Crippen LogP contribution in [0.1, 0.15) is 33.6 Å². The summed E-state index contributed by atoms with van der Waals surface area (Å²) in [4.78, 5) is 2.47. The van der Waals surface area contributed by atoms with E-state index in [2.05, 4.69) is 31.0 Å². The summed E-state index contributed by atoms with van der Waals surface area (Å²) < 4.78 is 11.1. The molecule has 1 aliphatic heterocycles. The first-order valence-electron chi connectivity index (χ1n) is 7.29. The molecule has 0 amide bonds. The molecule has 0 radical (unpaired) electrons. The molecule has 4 heteroatoms. The molecule has 108 valence electrons. The maximum atomic E-state index is 5.79.